The lowest BCUT2D eigenvalue weighted by Gasteiger charge is -2.32. The molecule has 1 fully saturated rings. The van der Waals surface area contributed by atoms with E-state index in [1.54, 1.807) is 6.92 Å². The van der Waals surface area contributed by atoms with Gasteiger partial charge < -0.3 is 21.1 Å². The molecule has 0 saturated carbocycles. The Labute approximate surface area is 142 Å². The third-order valence-corrected chi connectivity index (χ3v) is 5.03. The highest BCUT2D eigenvalue weighted by Gasteiger charge is 2.49. The van der Waals surface area contributed by atoms with Crippen LogP contribution in [0.1, 0.15) is 25.3 Å². The van der Waals surface area contributed by atoms with Crippen molar-refractivity contribution in [1.29, 1.82) is 0 Å². The average molecular weight is 336 g/mol. The van der Waals surface area contributed by atoms with Crippen molar-refractivity contribution in [3.8, 4) is 0 Å². The number of hydrogen-bond donors (Lipinski definition) is 4. The van der Waals surface area contributed by atoms with Gasteiger partial charge in [-0.25, -0.2) is 0 Å². The van der Waals surface area contributed by atoms with Gasteiger partial charge in [-0.15, -0.1) is 0 Å². The number of benzene rings is 1. The van der Waals surface area contributed by atoms with E-state index in [1.807, 2.05) is 23.1 Å². The van der Waals surface area contributed by atoms with E-state index in [0.29, 0.717) is 6.54 Å². The minimum absolute atomic E-state index is 0.265. The molecule has 24 heavy (non-hydrogen) atoms. The largest absolute Gasteiger partial charge is 0.395 e. The minimum Gasteiger partial charge on any atom is -0.395 e. The van der Waals surface area contributed by atoms with Crippen LogP contribution in [0.25, 0.3) is 0 Å². The van der Waals surface area contributed by atoms with E-state index in [2.05, 4.69) is 12.1 Å². The highest BCUT2D eigenvalue weighted by Crippen LogP contribution is 2.30. The fourth-order valence-electron chi connectivity index (χ4n) is 3.59. The Balaban J connectivity index is 1.96. The maximum absolute atomic E-state index is 11.5. The molecule has 2 rings (SSSR count). The fourth-order valence-corrected chi connectivity index (χ4v) is 3.59. The fraction of sp³-hybridized carbons (Fsp3) is 0.611. The molecule has 6 heteroatoms. The average Bonchev–Trinajstić information content (AvgIpc) is 2.82. The number of amides is 1. The first-order valence-corrected chi connectivity index (χ1v) is 8.53. The van der Waals surface area contributed by atoms with Crippen molar-refractivity contribution in [2.75, 3.05) is 13.2 Å². The monoisotopic (exact) mass is 336 g/mol. The second kappa shape index (κ2) is 8.58. The van der Waals surface area contributed by atoms with E-state index < -0.39 is 36.1 Å². The van der Waals surface area contributed by atoms with Gasteiger partial charge in [0.15, 0.2) is 0 Å². The van der Waals surface area contributed by atoms with Gasteiger partial charge in [-0.2, -0.15) is 0 Å². The van der Waals surface area contributed by atoms with Gasteiger partial charge in [0, 0.05) is 6.04 Å². The number of rotatable bonds is 8. The molecule has 0 spiro atoms. The van der Waals surface area contributed by atoms with Gasteiger partial charge in [0.1, 0.15) is 0 Å². The Morgan fingerprint density at radius 1 is 1.21 bits per heavy atom. The number of aryl methyl sites for hydroxylation is 1. The first-order valence-electron chi connectivity index (χ1n) is 8.53. The van der Waals surface area contributed by atoms with Gasteiger partial charge in [0.2, 0.25) is 5.91 Å². The summed E-state index contributed by atoms with van der Waals surface area (Å²) in [6.45, 7) is 1.98. The van der Waals surface area contributed by atoms with Crippen LogP contribution in [0.4, 0.5) is 0 Å². The SMILES string of the molecule is CC(C(N)=O)C1C(O)C(O)C(CO)N1CCCCc1ccccc1. The molecular formula is C18H28N2O4. The van der Waals surface area contributed by atoms with Gasteiger partial charge in [-0.1, -0.05) is 37.3 Å². The van der Waals surface area contributed by atoms with Crippen LogP contribution in [0.2, 0.25) is 0 Å². The van der Waals surface area contributed by atoms with E-state index >= 15 is 0 Å². The lowest BCUT2D eigenvalue weighted by molar-refractivity contribution is -0.124. The summed E-state index contributed by atoms with van der Waals surface area (Å²) in [6.07, 6.45) is 0.573. The maximum Gasteiger partial charge on any atom is 0.221 e. The van der Waals surface area contributed by atoms with Gasteiger partial charge in [0.05, 0.1) is 30.8 Å². The molecule has 6 nitrogen and oxygen atoms in total. The molecule has 1 saturated heterocycles. The number of aliphatic hydroxyl groups is 3. The number of primary amides is 1. The molecule has 5 atom stereocenters. The summed E-state index contributed by atoms with van der Waals surface area (Å²) in [5.41, 5.74) is 6.65. The molecule has 1 aliphatic rings. The van der Waals surface area contributed by atoms with Crippen LogP contribution in [0.5, 0.6) is 0 Å². The second-order valence-corrected chi connectivity index (χ2v) is 6.59. The topological polar surface area (TPSA) is 107 Å². The van der Waals surface area contributed by atoms with Crippen molar-refractivity contribution in [1.82, 2.24) is 4.90 Å². The van der Waals surface area contributed by atoms with Crippen LogP contribution in [0.15, 0.2) is 30.3 Å². The molecule has 0 aromatic heterocycles. The summed E-state index contributed by atoms with van der Waals surface area (Å²) >= 11 is 0. The van der Waals surface area contributed by atoms with Crippen molar-refractivity contribution >= 4 is 5.91 Å². The third-order valence-electron chi connectivity index (χ3n) is 5.03. The summed E-state index contributed by atoms with van der Waals surface area (Å²) in [5, 5.41) is 30.0. The molecule has 1 heterocycles. The normalized spacial score (nSPS) is 28.8. The second-order valence-electron chi connectivity index (χ2n) is 6.59. The Morgan fingerprint density at radius 3 is 2.46 bits per heavy atom. The van der Waals surface area contributed by atoms with E-state index in [-0.39, 0.29) is 6.61 Å². The molecule has 5 unspecified atom stereocenters. The first kappa shape index (κ1) is 18.9. The Kier molecular flexibility index (Phi) is 6.74. The zero-order valence-electron chi connectivity index (χ0n) is 14.1. The molecule has 1 aromatic rings. The van der Waals surface area contributed by atoms with E-state index in [4.69, 9.17) is 5.73 Å². The Morgan fingerprint density at radius 2 is 1.88 bits per heavy atom. The smallest absolute Gasteiger partial charge is 0.221 e. The predicted molar refractivity (Wildman–Crippen MR) is 91.1 cm³/mol. The molecule has 0 bridgehead atoms. The summed E-state index contributed by atoms with van der Waals surface area (Å²) in [5.74, 6) is -1.11. The lowest BCUT2D eigenvalue weighted by Crippen LogP contribution is -2.48. The van der Waals surface area contributed by atoms with E-state index in [0.717, 1.165) is 19.3 Å². The van der Waals surface area contributed by atoms with Crippen molar-refractivity contribution in [2.24, 2.45) is 11.7 Å². The van der Waals surface area contributed by atoms with E-state index in [1.165, 1.54) is 5.56 Å². The zero-order valence-corrected chi connectivity index (χ0v) is 14.1. The van der Waals surface area contributed by atoms with Gasteiger partial charge in [-0.3, -0.25) is 9.69 Å². The van der Waals surface area contributed by atoms with Crippen LogP contribution in [0.3, 0.4) is 0 Å². The Bertz CT molecular complexity index is 525. The Hall–Kier alpha value is -1.47. The lowest BCUT2D eigenvalue weighted by atomic mass is 9.95. The van der Waals surface area contributed by atoms with Crippen molar-refractivity contribution < 1.29 is 20.1 Å². The summed E-state index contributed by atoms with van der Waals surface area (Å²) in [4.78, 5) is 13.4. The van der Waals surface area contributed by atoms with Crippen LogP contribution in [0, 0.1) is 5.92 Å². The van der Waals surface area contributed by atoms with Gasteiger partial charge in [0.25, 0.3) is 0 Å². The highest BCUT2D eigenvalue weighted by atomic mass is 16.3. The number of carbonyl (C=O) groups excluding carboxylic acids is 1. The van der Waals surface area contributed by atoms with Gasteiger partial charge >= 0.3 is 0 Å². The first-order chi connectivity index (χ1) is 11.5. The van der Waals surface area contributed by atoms with Crippen LogP contribution < -0.4 is 5.73 Å². The summed E-state index contributed by atoms with van der Waals surface area (Å²) < 4.78 is 0. The zero-order chi connectivity index (χ0) is 17.7. The van der Waals surface area contributed by atoms with Crippen molar-refractivity contribution in [3.05, 3.63) is 35.9 Å². The van der Waals surface area contributed by atoms with Crippen LogP contribution >= 0.6 is 0 Å². The molecule has 1 aliphatic heterocycles. The quantitative estimate of drug-likeness (QED) is 0.496. The van der Waals surface area contributed by atoms with Crippen LogP contribution in [-0.4, -0.2) is 63.6 Å². The van der Waals surface area contributed by atoms with Gasteiger partial charge in [-0.05, 0) is 31.4 Å². The number of aliphatic hydroxyl groups excluding tert-OH is 3. The van der Waals surface area contributed by atoms with Crippen molar-refractivity contribution in [2.45, 2.75) is 50.5 Å². The number of nitrogens with zero attached hydrogens (tertiary/aromatic N) is 1. The minimum atomic E-state index is -1.08. The molecular weight excluding hydrogens is 308 g/mol. The molecule has 0 aliphatic carbocycles. The number of carbonyl (C=O) groups is 1. The number of nitrogens with two attached hydrogens (primary N) is 1. The highest BCUT2D eigenvalue weighted by molar-refractivity contribution is 5.77. The number of hydrogen-bond acceptors (Lipinski definition) is 5. The van der Waals surface area contributed by atoms with Crippen molar-refractivity contribution in [3.63, 3.8) is 0 Å². The molecule has 1 amide bonds. The predicted octanol–water partition coefficient (Wildman–Crippen LogP) is -0.102. The third kappa shape index (κ3) is 4.13. The number of unbranched alkanes of at least 4 members (excludes halogenated alkanes) is 1. The standard InChI is InChI=1S/C18H28N2O4/c1-12(18(19)24)15-17(23)16(22)14(11-21)20(15)10-6-5-9-13-7-3-2-4-8-13/h2-4,7-8,12,14-17,21-23H,5-6,9-11H2,1H3,(H2,19,24). The summed E-state index contributed by atoms with van der Waals surface area (Å²) in [6, 6.07) is 9.03. The molecule has 5 N–H and O–H groups in total. The molecule has 134 valence electrons. The number of likely N-dealkylation sites (tertiary alicyclic amines) is 1. The van der Waals surface area contributed by atoms with E-state index in [9.17, 15) is 20.1 Å². The molecule has 1 aromatic carbocycles. The maximum atomic E-state index is 11.5. The molecule has 0 radical (unpaired) electrons. The summed E-state index contributed by atoms with van der Waals surface area (Å²) in [7, 11) is 0. The van der Waals surface area contributed by atoms with Crippen LogP contribution in [-0.2, 0) is 11.2 Å².